The van der Waals surface area contributed by atoms with E-state index in [-0.39, 0.29) is 32.1 Å². The van der Waals surface area contributed by atoms with Gasteiger partial charge in [0.1, 0.15) is 0 Å². The molecule has 5 amide bonds. The van der Waals surface area contributed by atoms with Gasteiger partial charge in [-0.25, -0.2) is 19.6 Å². The molecule has 2 aliphatic heterocycles. The van der Waals surface area contributed by atoms with Crippen LogP contribution in [0.5, 0.6) is 0 Å². The van der Waals surface area contributed by atoms with Crippen LogP contribution in [0.1, 0.15) is 23.7 Å². The van der Waals surface area contributed by atoms with Crippen molar-refractivity contribution in [1.29, 1.82) is 0 Å². The summed E-state index contributed by atoms with van der Waals surface area (Å²) in [5, 5.41) is 7.44. The third-order valence-electron chi connectivity index (χ3n) is 4.55. The van der Waals surface area contributed by atoms with E-state index in [9.17, 15) is 24.0 Å². The maximum absolute atomic E-state index is 12.7. The van der Waals surface area contributed by atoms with Crippen molar-refractivity contribution in [2.75, 3.05) is 44.6 Å². The maximum Gasteiger partial charge on any atom is 0.340 e. The number of carbonyl (C=O) groups excluding carboxylic acids is 5. The first-order valence-electron chi connectivity index (χ1n) is 9.58. The number of urea groups is 1. The van der Waals surface area contributed by atoms with Gasteiger partial charge in [-0.3, -0.25) is 24.6 Å². The van der Waals surface area contributed by atoms with Crippen LogP contribution in [0.3, 0.4) is 0 Å². The second kappa shape index (κ2) is 9.35. The Labute approximate surface area is 172 Å². The number of nitrogens with zero attached hydrogens (tertiary/aromatic N) is 3. The molecule has 30 heavy (non-hydrogen) atoms. The summed E-state index contributed by atoms with van der Waals surface area (Å²) in [6.07, 6.45) is 0.599. The van der Waals surface area contributed by atoms with E-state index < -0.39 is 23.8 Å². The molecular formula is C19H23N5O6. The molecule has 1 aromatic rings. The van der Waals surface area contributed by atoms with E-state index in [1.807, 2.05) is 0 Å². The molecule has 0 bridgehead atoms. The van der Waals surface area contributed by atoms with E-state index in [1.165, 1.54) is 21.0 Å². The lowest BCUT2D eigenvalue weighted by Crippen LogP contribution is -2.55. The molecule has 0 unspecified atom stereocenters. The molecular weight excluding hydrogens is 394 g/mol. The third kappa shape index (κ3) is 5.11. The highest BCUT2D eigenvalue weighted by Gasteiger charge is 2.33. The first kappa shape index (κ1) is 21.2. The number of ether oxygens (including phenoxy) is 1. The normalized spacial score (nSPS) is 17.0. The van der Waals surface area contributed by atoms with Crippen molar-refractivity contribution >= 4 is 35.4 Å². The predicted octanol–water partition coefficient (Wildman–Crippen LogP) is -0.197. The van der Waals surface area contributed by atoms with Crippen LogP contribution in [0.15, 0.2) is 24.3 Å². The van der Waals surface area contributed by atoms with E-state index in [4.69, 9.17) is 4.74 Å². The van der Waals surface area contributed by atoms with Gasteiger partial charge in [-0.15, -0.1) is 0 Å². The second-order valence-electron chi connectivity index (χ2n) is 6.84. The van der Waals surface area contributed by atoms with Gasteiger partial charge in [0, 0.05) is 18.8 Å². The fraction of sp³-hybridized carbons (Fsp3) is 0.421. The van der Waals surface area contributed by atoms with E-state index in [2.05, 4.69) is 10.6 Å². The minimum Gasteiger partial charge on any atom is -0.462 e. The molecule has 0 spiro atoms. The Hall–Kier alpha value is -3.47. The van der Waals surface area contributed by atoms with E-state index in [0.29, 0.717) is 30.8 Å². The summed E-state index contributed by atoms with van der Waals surface area (Å²) < 4.78 is 4.95. The molecule has 0 aromatic heterocycles. The fourth-order valence-corrected chi connectivity index (χ4v) is 3.29. The molecule has 2 heterocycles. The van der Waals surface area contributed by atoms with Crippen molar-refractivity contribution in [3.63, 3.8) is 0 Å². The molecule has 2 fully saturated rings. The standard InChI is InChI=1S/C19H23N5O6/c1-2-30-18(28)13-5-3-6-14(9-13)20-19(29)24-8-4-7-23(24)17(27)12-22-10-15(25)21-16(26)11-22/h3,5-6,9H,2,4,7-8,10-12H2,1H3,(H,20,29)(H,21,25,26). The Bertz CT molecular complexity index is 857. The number of hydrogen-bond donors (Lipinski definition) is 2. The third-order valence-corrected chi connectivity index (χ3v) is 4.55. The Morgan fingerprint density at radius 2 is 1.80 bits per heavy atom. The molecule has 160 valence electrons. The second-order valence-corrected chi connectivity index (χ2v) is 6.84. The number of rotatable bonds is 5. The Morgan fingerprint density at radius 3 is 2.50 bits per heavy atom. The number of piperazine rings is 1. The SMILES string of the molecule is CCOC(=O)c1cccc(NC(=O)N2CCCN2C(=O)CN2CC(=O)NC(=O)C2)c1. The highest BCUT2D eigenvalue weighted by Crippen LogP contribution is 2.16. The van der Waals surface area contributed by atoms with Gasteiger partial charge in [-0.05, 0) is 31.5 Å². The van der Waals surface area contributed by atoms with E-state index >= 15 is 0 Å². The molecule has 0 saturated carbocycles. The largest absolute Gasteiger partial charge is 0.462 e. The number of hydrogen-bond acceptors (Lipinski definition) is 7. The molecule has 0 aliphatic carbocycles. The summed E-state index contributed by atoms with van der Waals surface area (Å²) in [4.78, 5) is 61.6. The molecule has 0 radical (unpaired) electrons. The van der Waals surface area contributed by atoms with Crippen LogP contribution in [0, 0.1) is 0 Å². The van der Waals surface area contributed by atoms with Gasteiger partial charge < -0.3 is 10.1 Å². The molecule has 2 N–H and O–H groups in total. The van der Waals surface area contributed by atoms with E-state index in [0.717, 1.165) is 0 Å². The number of carbonyl (C=O) groups is 5. The van der Waals surface area contributed by atoms with Gasteiger partial charge in [0.05, 0.1) is 31.8 Å². The number of anilines is 1. The quantitative estimate of drug-likeness (QED) is 0.502. The van der Waals surface area contributed by atoms with Crippen molar-refractivity contribution in [2.45, 2.75) is 13.3 Å². The Balaban J connectivity index is 1.62. The number of benzene rings is 1. The summed E-state index contributed by atoms with van der Waals surface area (Å²) in [7, 11) is 0. The lowest BCUT2D eigenvalue weighted by Gasteiger charge is -2.31. The van der Waals surface area contributed by atoms with Gasteiger partial charge in [0.25, 0.3) is 5.91 Å². The van der Waals surface area contributed by atoms with Gasteiger partial charge in [-0.2, -0.15) is 0 Å². The zero-order valence-corrected chi connectivity index (χ0v) is 16.6. The zero-order valence-electron chi connectivity index (χ0n) is 16.6. The van der Waals surface area contributed by atoms with Gasteiger partial charge in [-0.1, -0.05) is 6.07 Å². The summed E-state index contributed by atoms with van der Waals surface area (Å²) in [5.74, 6) is -1.80. The van der Waals surface area contributed by atoms with Crippen LogP contribution in [-0.4, -0.2) is 84.0 Å². The van der Waals surface area contributed by atoms with Gasteiger partial charge in [0.2, 0.25) is 11.8 Å². The highest BCUT2D eigenvalue weighted by molar-refractivity contribution is 6.00. The molecule has 1 aromatic carbocycles. The van der Waals surface area contributed by atoms with Crippen LogP contribution >= 0.6 is 0 Å². The van der Waals surface area contributed by atoms with Gasteiger partial charge in [0.15, 0.2) is 0 Å². The van der Waals surface area contributed by atoms with Crippen molar-refractivity contribution < 1.29 is 28.7 Å². The summed E-state index contributed by atoms with van der Waals surface area (Å²) >= 11 is 0. The smallest absolute Gasteiger partial charge is 0.340 e. The molecule has 11 nitrogen and oxygen atoms in total. The van der Waals surface area contributed by atoms with Crippen LogP contribution in [0.25, 0.3) is 0 Å². The first-order valence-corrected chi connectivity index (χ1v) is 9.58. The maximum atomic E-state index is 12.7. The molecule has 2 saturated heterocycles. The number of esters is 1. The zero-order chi connectivity index (χ0) is 21.7. The Kier molecular flexibility index (Phi) is 6.62. The summed E-state index contributed by atoms with van der Waals surface area (Å²) in [6.45, 7) is 2.37. The lowest BCUT2D eigenvalue weighted by atomic mass is 10.2. The van der Waals surface area contributed by atoms with Crippen molar-refractivity contribution in [3.8, 4) is 0 Å². The van der Waals surface area contributed by atoms with Crippen molar-refractivity contribution in [1.82, 2.24) is 20.2 Å². The predicted molar refractivity (Wildman–Crippen MR) is 104 cm³/mol. The van der Waals surface area contributed by atoms with Crippen LogP contribution in [0.4, 0.5) is 10.5 Å². The van der Waals surface area contributed by atoms with Crippen LogP contribution in [0.2, 0.25) is 0 Å². The average molecular weight is 417 g/mol. The fourth-order valence-electron chi connectivity index (χ4n) is 3.29. The monoisotopic (exact) mass is 417 g/mol. The van der Waals surface area contributed by atoms with Crippen molar-refractivity contribution in [3.05, 3.63) is 29.8 Å². The Morgan fingerprint density at radius 1 is 1.10 bits per heavy atom. The number of amides is 5. The van der Waals surface area contributed by atoms with Gasteiger partial charge >= 0.3 is 12.0 Å². The molecule has 0 atom stereocenters. The molecule has 11 heteroatoms. The lowest BCUT2D eigenvalue weighted by molar-refractivity contribution is -0.143. The van der Waals surface area contributed by atoms with Crippen LogP contribution in [-0.2, 0) is 19.1 Å². The summed E-state index contributed by atoms with van der Waals surface area (Å²) in [5.41, 5.74) is 0.695. The number of hydrazine groups is 1. The summed E-state index contributed by atoms with van der Waals surface area (Å²) in [6, 6.07) is 5.80. The molecule has 2 aliphatic rings. The highest BCUT2D eigenvalue weighted by atomic mass is 16.5. The topological polar surface area (TPSA) is 128 Å². The average Bonchev–Trinajstić information content (AvgIpc) is 3.18. The number of nitrogens with one attached hydrogen (secondary N) is 2. The minimum atomic E-state index is -0.519. The van der Waals surface area contributed by atoms with Crippen LogP contribution < -0.4 is 10.6 Å². The minimum absolute atomic E-state index is 0.0574. The molecule has 3 rings (SSSR count). The first-order chi connectivity index (χ1) is 14.4. The van der Waals surface area contributed by atoms with Crippen molar-refractivity contribution in [2.24, 2.45) is 0 Å². The van der Waals surface area contributed by atoms with E-state index in [1.54, 1.807) is 25.1 Å². The number of imide groups is 1.